The van der Waals surface area contributed by atoms with Crippen molar-refractivity contribution in [1.82, 2.24) is 4.98 Å². The number of aromatic nitrogens is 1. The van der Waals surface area contributed by atoms with Gasteiger partial charge >= 0.3 is 0 Å². The van der Waals surface area contributed by atoms with E-state index in [-0.39, 0.29) is 41.7 Å². The normalized spacial score (nSPS) is 22.9. The largest absolute Gasteiger partial charge is 0.490 e. The maximum Gasteiger partial charge on any atom is 0.212 e. The smallest absolute Gasteiger partial charge is 0.212 e. The number of nitrogens with zero attached hydrogens (tertiary/aromatic N) is 1. The molecule has 13 heteroatoms. The molecule has 0 spiro atoms. The molecule has 208 valence electrons. The zero-order valence-electron chi connectivity index (χ0n) is 20.6. The van der Waals surface area contributed by atoms with E-state index in [2.05, 4.69) is 4.98 Å². The van der Waals surface area contributed by atoms with Crippen molar-refractivity contribution >= 4 is 31.3 Å². The maximum absolute atomic E-state index is 15.5. The van der Waals surface area contributed by atoms with Gasteiger partial charge in [0.05, 0.1) is 40.9 Å². The molecule has 0 bridgehead atoms. The Morgan fingerprint density at radius 2 is 1.72 bits per heavy atom. The van der Waals surface area contributed by atoms with Crippen LogP contribution >= 0.6 is 11.6 Å². The number of halogens is 3. The van der Waals surface area contributed by atoms with Gasteiger partial charge in [0.15, 0.2) is 31.2 Å². The van der Waals surface area contributed by atoms with E-state index in [4.69, 9.17) is 25.8 Å². The van der Waals surface area contributed by atoms with Crippen LogP contribution in [-0.4, -0.2) is 54.0 Å². The number of ether oxygens (including phenoxy) is 3. The number of fused-ring (bicyclic) bond motifs is 3. The summed E-state index contributed by atoms with van der Waals surface area (Å²) in [5, 5.41) is 0.302. The van der Waals surface area contributed by atoms with E-state index in [1.807, 2.05) is 0 Å². The highest BCUT2D eigenvalue weighted by atomic mass is 35.5. The number of sulfone groups is 2. The second kappa shape index (κ2) is 10.3. The lowest BCUT2D eigenvalue weighted by Crippen LogP contribution is -2.57. The molecule has 0 radical (unpaired) electrons. The molecule has 3 aromatic rings. The van der Waals surface area contributed by atoms with E-state index in [0.717, 1.165) is 12.1 Å². The Kier molecular flexibility index (Phi) is 7.34. The van der Waals surface area contributed by atoms with Crippen molar-refractivity contribution in [3.63, 3.8) is 0 Å². The SMILES string of the molecule is COc1ccc(S(=O)(=O)CC[C@@H]2OCC[C@@]3(S(=O)(=O)c4ccc(Cl)cc4)c4c(F)ccc(F)c4OC[C@@H]23)cn1. The molecule has 2 aromatic carbocycles. The van der Waals surface area contributed by atoms with Crippen LogP contribution in [-0.2, 0) is 29.2 Å². The number of pyridine rings is 1. The van der Waals surface area contributed by atoms with Gasteiger partial charge in [-0.2, -0.15) is 0 Å². The molecule has 3 heterocycles. The number of rotatable bonds is 7. The Bertz CT molecular complexity index is 1600. The van der Waals surface area contributed by atoms with Gasteiger partial charge in [-0.1, -0.05) is 11.6 Å². The molecule has 0 unspecified atom stereocenters. The highest BCUT2D eigenvalue weighted by Crippen LogP contribution is 2.56. The average molecular weight is 600 g/mol. The molecule has 39 heavy (non-hydrogen) atoms. The Morgan fingerprint density at radius 1 is 1.03 bits per heavy atom. The first kappa shape index (κ1) is 27.8. The third kappa shape index (κ3) is 4.66. The third-order valence-corrected chi connectivity index (χ3v) is 11.8. The van der Waals surface area contributed by atoms with Crippen LogP contribution in [0.4, 0.5) is 8.78 Å². The van der Waals surface area contributed by atoms with Crippen molar-refractivity contribution in [1.29, 1.82) is 0 Å². The van der Waals surface area contributed by atoms with E-state index < -0.39 is 65.1 Å². The van der Waals surface area contributed by atoms with Crippen molar-refractivity contribution < 1.29 is 39.8 Å². The topological polar surface area (TPSA) is 109 Å². The molecule has 1 saturated heterocycles. The molecule has 2 aliphatic rings. The number of methoxy groups -OCH3 is 1. The van der Waals surface area contributed by atoms with Crippen LogP contribution in [0.3, 0.4) is 0 Å². The molecule has 5 rings (SSSR count). The molecule has 8 nitrogen and oxygen atoms in total. The summed E-state index contributed by atoms with van der Waals surface area (Å²) in [5.74, 6) is -3.51. The van der Waals surface area contributed by atoms with Crippen LogP contribution in [0.1, 0.15) is 18.4 Å². The third-order valence-electron chi connectivity index (χ3n) is 7.29. The predicted octanol–water partition coefficient (Wildman–Crippen LogP) is 4.35. The molecular formula is C26H24ClF2NO7S2. The lowest BCUT2D eigenvalue weighted by atomic mass is 9.75. The van der Waals surface area contributed by atoms with E-state index in [1.54, 1.807) is 0 Å². The maximum atomic E-state index is 15.5. The van der Waals surface area contributed by atoms with Gasteiger partial charge in [-0.25, -0.2) is 30.6 Å². The van der Waals surface area contributed by atoms with E-state index in [0.29, 0.717) is 5.02 Å². The lowest BCUT2D eigenvalue weighted by Gasteiger charge is -2.50. The number of hydrogen-bond acceptors (Lipinski definition) is 8. The average Bonchev–Trinajstić information content (AvgIpc) is 2.93. The predicted molar refractivity (Wildman–Crippen MR) is 137 cm³/mol. The van der Waals surface area contributed by atoms with Crippen LogP contribution in [0, 0.1) is 17.6 Å². The van der Waals surface area contributed by atoms with Crippen LogP contribution in [0.5, 0.6) is 11.6 Å². The van der Waals surface area contributed by atoms with Crippen molar-refractivity contribution in [3.05, 3.63) is 76.9 Å². The quantitative estimate of drug-likeness (QED) is 0.394. The minimum absolute atomic E-state index is 0.0440. The van der Waals surface area contributed by atoms with E-state index >= 15 is 4.39 Å². The summed E-state index contributed by atoms with van der Waals surface area (Å²) in [4.78, 5) is 3.75. The van der Waals surface area contributed by atoms with Crippen molar-refractivity contribution in [3.8, 4) is 11.6 Å². The summed E-state index contributed by atoms with van der Waals surface area (Å²) in [6.45, 7) is -0.456. The molecule has 0 N–H and O–H groups in total. The second-order valence-electron chi connectivity index (χ2n) is 9.30. The summed E-state index contributed by atoms with van der Waals surface area (Å²) in [7, 11) is -6.84. The highest BCUT2D eigenvalue weighted by Gasteiger charge is 2.61. The van der Waals surface area contributed by atoms with Gasteiger partial charge in [-0.05, 0) is 55.3 Å². The number of benzene rings is 2. The molecule has 1 aromatic heterocycles. The first-order valence-corrected chi connectivity index (χ1v) is 15.5. The lowest BCUT2D eigenvalue weighted by molar-refractivity contribution is -0.0732. The van der Waals surface area contributed by atoms with Crippen LogP contribution in [0.15, 0.2) is 64.5 Å². The van der Waals surface area contributed by atoms with Crippen LogP contribution in [0.2, 0.25) is 5.02 Å². The minimum Gasteiger partial charge on any atom is -0.490 e. The molecule has 0 aliphatic carbocycles. The Balaban J connectivity index is 1.57. The summed E-state index contributed by atoms with van der Waals surface area (Å²) < 4.78 is 99.6. The van der Waals surface area contributed by atoms with E-state index in [9.17, 15) is 21.2 Å². The van der Waals surface area contributed by atoms with Crippen LogP contribution < -0.4 is 9.47 Å². The highest BCUT2D eigenvalue weighted by molar-refractivity contribution is 7.92. The molecule has 2 aliphatic heterocycles. The van der Waals surface area contributed by atoms with Crippen LogP contribution in [0.25, 0.3) is 0 Å². The van der Waals surface area contributed by atoms with Gasteiger partial charge in [-0.3, -0.25) is 0 Å². The van der Waals surface area contributed by atoms with Crippen molar-refractivity contribution in [2.75, 3.05) is 26.1 Å². The fourth-order valence-electron chi connectivity index (χ4n) is 5.40. The molecular weight excluding hydrogens is 576 g/mol. The first-order valence-electron chi connectivity index (χ1n) is 12.0. The van der Waals surface area contributed by atoms with Gasteiger partial charge in [0.1, 0.15) is 10.6 Å². The van der Waals surface area contributed by atoms with Gasteiger partial charge in [0, 0.05) is 29.8 Å². The van der Waals surface area contributed by atoms with Gasteiger partial charge in [-0.15, -0.1) is 0 Å². The van der Waals surface area contributed by atoms with Gasteiger partial charge < -0.3 is 14.2 Å². The molecule has 0 amide bonds. The Hall–Kier alpha value is -2.80. The molecule has 1 fully saturated rings. The Morgan fingerprint density at radius 3 is 2.38 bits per heavy atom. The fraction of sp³-hybridized carbons (Fsp3) is 0.346. The summed E-state index contributed by atoms with van der Waals surface area (Å²) in [5.41, 5.74) is -0.413. The van der Waals surface area contributed by atoms with Gasteiger partial charge in [0.2, 0.25) is 5.88 Å². The van der Waals surface area contributed by atoms with Crippen molar-refractivity contribution in [2.45, 2.75) is 33.5 Å². The minimum atomic E-state index is -4.40. The number of hydrogen-bond donors (Lipinski definition) is 0. The monoisotopic (exact) mass is 599 g/mol. The van der Waals surface area contributed by atoms with E-state index in [1.165, 1.54) is 49.7 Å². The molecule has 0 saturated carbocycles. The zero-order valence-corrected chi connectivity index (χ0v) is 23.0. The summed E-state index contributed by atoms with van der Waals surface area (Å²) in [6, 6.07) is 9.92. The Labute approximate surface area is 229 Å². The fourth-order valence-corrected chi connectivity index (χ4v) is 9.13. The second-order valence-corrected chi connectivity index (χ2v) is 14.1. The molecule has 3 atom stereocenters. The first-order chi connectivity index (χ1) is 18.5. The summed E-state index contributed by atoms with van der Waals surface area (Å²) >= 11 is 5.97. The zero-order chi connectivity index (χ0) is 28.0. The van der Waals surface area contributed by atoms with Gasteiger partial charge in [0.25, 0.3) is 0 Å². The standard InChI is InChI=1S/C26H24ClF2NO7S2/c1-35-23-9-6-18(14-30-23)38(31,32)13-10-22-19-15-37-25-21(29)8-7-20(28)24(25)26(19,11-12-36-22)39(33,34)17-4-2-16(27)3-5-17/h2-9,14,19,22H,10-13,15H2,1H3/t19-,22-,26-/m0/s1. The van der Waals surface area contributed by atoms with Crippen molar-refractivity contribution in [2.24, 2.45) is 5.92 Å². The summed E-state index contributed by atoms with van der Waals surface area (Å²) in [6.07, 6.45) is -0.0986.